The summed E-state index contributed by atoms with van der Waals surface area (Å²) in [5.74, 6) is 0.122. The van der Waals surface area contributed by atoms with Crippen molar-refractivity contribution in [2.75, 3.05) is 32.7 Å². The van der Waals surface area contributed by atoms with E-state index in [4.69, 9.17) is 4.42 Å². The molecule has 3 heterocycles. The maximum absolute atomic E-state index is 12.7. The number of pyridine rings is 1. The maximum atomic E-state index is 12.7. The number of carbonyl (C=O) groups excluding carboxylic acids is 1. The zero-order valence-electron chi connectivity index (χ0n) is 17.7. The molecule has 1 N–H and O–H groups in total. The standard InChI is InChI=1S/C24H27N3O4/c1-17-20-3-2-19(28)16-22(20)31-24(30)21(17)4-5-23(29)27-14-12-26(13-15-27)11-8-18-6-9-25-10-7-18/h2-3,6-7,9-10,16,28H,4-5,8,11-15H2,1H3. The van der Waals surface area contributed by atoms with E-state index < -0.39 is 5.63 Å². The molecule has 1 amide bonds. The third-order valence-electron chi connectivity index (χ3n) is 6.05. The predicted molar refractivity (Wildman–Crippen MR) is 118 cm³/mol. The summed E-state index contributed by atoms with van der Waals surface area (Å²) in [5, 5.41) is 10.4. The number of hydrogen-bond acceptors (Lipinski definition) is 6. The molecule has 1 aliphatic heterocycles. The Hall–Kier alpha value is -3.19. The lowest BCUT2D eigenvalue weighted by Crippen LogP contribution is -2.49. The van der Waals surface area contributed by atoms with Crippen molar-refractivity contribution in [2.24, 2.45) is 0 Å². The molecule has 7 heteroatoms. The molecule has 2 aromatic heterocycles. The normalized spacial score (nSPS) is 14.8. The van der Waals surface area contributed by atoms with Gasteiger partial charge in [0, 0.05) is 68.6 Å². The maximum Gasteiger partial charge on any atom is 0.339 e. The minimum absolute atomic E-state index is 0.0536. The Morgan fingerprint density at radius 1 is 1.10 bits per heavy atom. The fourth-order valence-electron chi connectivity index (χ4n) is 4.12. The minimum Gasteiger partial charge on any atom is -0.508 e. The Kier molecular flexibility index (Phi) is 6.32. The summed E-state index contributed by atoms with van der Waals surface area (Å²) in [5.41, 5.74) is 2.53. The summed E-state index contributed by atoms with van der Waals surface area (Å²) < 4.78 is 5.36. The van der Waals surface area contributed by atoms with E-state index in [-0.39, 0.29) is 18.1 Å². The van der Waals surface area contributed by atoms with E-state index in [9.17, 15) is 14.7 Å². The molecule has 162 valence electrons. The number of carbonyl (C=O) groups is 1. The molecule has 0 bridgehead atoms. The largest absolute Gasteiger partial charge is 0.508 e. The van der Waals surface area contributed by atoms with Crippen molar-refractivity contribution < 1.29 is 14.3 Å². The van der Waals surface area contributed by atoms with Crippen LogP contribution in [-0.4, -0.2) is 58.5 Å². The number of fused-ring (bicyclic) bond motifs is 1. The Morgan fingerprint density at radius 2 is 1.84 bits per heavy atom. The SMILES string of the molecule is Cc1c(CCC(=O)N2CCN(CCc3ccncc3)CC2)c(=O)oc2cc(O)ccc12. The molecule has 7 nitrogen and oxygen atoms in total. The summed E-state index contributed by atoms with van der Waals surface area (Å²) in [6.07, 6.45) is 5.24. The molecule has 1 aromatic carbocycles. The number of benzene rings is 1. The Bertz CT molecular complexity index is 1120. The van der Waals surface area contributed by atoms with Gasteiger partial charge < -0.3 is 14.4 Å². The van der Waals surface area contributed by atoms with E-state index in [0.717, 1.165) is 37.0 Å². The van der Waals surface area contributed by atoms with Gasteiger partial charge in [-0.05, 0) is 55.2 Å². The van der Waals surface area contributed by atoms with Gasteiger partial charge in [0.1, 0.15) is 11.3 Å². The summed E-state index contributed by atoms with van der Waals surface area (Å²) in [7, 11) is 0. The van der Waals surface area contributed by atoms with Crippen molar-refractivity contribution in [3.8, 4) is 5.75 Å². The van der Waals surface area contributed by atoms with Crippen LogP contribution >= 0.6 is 0 Å². The van der Waals surface area contributed by atoms with Crippen molar-refractivity contribution in [3.63, 3.8) is 0 Å². The van der Waals surface area contributed by atoms with Crippen LogP contribution in [0.5, 0.6) is 5.75 Å². The summed E-state index contributed by atoms with van der Waals surface area (Å²) in [4.78, 5) is 33.4. The molecule has 1 aliphatic rings. The lowest BCUT2D eigenvalue weighted by Gasteiger charge is -2.34. The highest BCUT2D eigenvalue weighted by molar-refractivity contribution is 5.82. The van der Waals surface area contributed by atoms with Crippen molar-refractivity contribution >= 4 is 16.9 Å². The van der Waals surface area contributed by atoms with Gasteiger partial charge in [0.15, 0.2) is 0 Å². The number of aryl methyl sites for hydroxylation is 1. The molecule has 3 aromatic rings. The van der Waals surface area contributed by atoms with Gasteiger partial charge in [-0.1, -0.05) is 0 Å². The highest BCUT2D eigenvalue weighted by Crippen LogP contribution is 2.24. The van der Waals surface area contributed by atoms with Crippen LogP contribution in [0.2, 0.25) is 0 Å². The Labute approximate surface area is 180 Å². The number of aromatic hydroxyl groups is 1. The first-order valence-electron chi connectivity index (χ1n) is 10.7. The average Bonchev–Trinajstić information content (AvgIpc) is 2.78. The Balaban J connectivity index is 1.31. The van der Waals surface area contributed by atoms with Gasteiger partial charge in [-0.3, -0.25) is 14.7 Å². The van der Waals surface area contributed by atoms with E-state index in [1.165, 1.54) is 11.6 Å². The van der Waals surface area contributed by atoms with Gasteiger partial charge in [-0.2, -0.15) is 0 Å². The fourth-order valence-corrected chi connectivity index (χ4v) is 4.12. The quantitative estimate of drug-likeness (QED) is 0.616. The van der Waals surface area contributed by atoms with Crippen molar-refractivity contribution in [1.82, 2.24) is 14.8 Å². The van der Waals surface area contributed by atoms with Crippen molar-refractivity contribution in [3.05, 3.63) is 69.8 Å². The van der Waals surface area contributed by atoms with E-state index >= 15 is 0 Å². The first-order chi connectivity index (χ1) is 15.0. The number of amides is 1. The predicted octanol–water partition coefficient (Wildman–Crippen LogP) is 2.52. The summed E-state index contributed by atoms with van der Waals surface area (Å²) in [6, 6.07) is 8.81. The number of phenolic OH excluding ortho intramolecular Hbond substituents is 1. The van der Waals surface area contributed by atoms with Crippen LogP contribution in [0.25, 0.3) is 11.0 Å². The van der Waals surface area contributed by atoms with Gasteiger partial charge in [0.25, 0.3) is 0 Å². The van der Waals surface area contributed by atoms with Crippen LogP contribution in [0.15, 0.2) is 51.9 Å². The molecular formula is C24H27N3O4. The second kappa shape index (κ2) is 9.31. The first kappa shape index (κ1) is 21.1. The Morgan fingerprint density at radius 3 is 2.58 bits per heavy atom. The molecule has 0 unspecified atom stereocenters. The number of phenols is 1. The molecule has 0 spiro atoms. The van der Waals surface area contributed by atoms with E-state index in [1.807, 2.05) is 36.4 Å². The van der Waals surface area contributed by atoms with Crippen LogP contribution in [0.3, 0.4) is 0 Å². The van der Waals surface area contributed by atoms with Gasteiger partial charge in [-0.15, -0.1) is 0 Å². The second-order valence-electron chi connectivity index (χ2n) is 8.00. The van der Waals surface area contributed by atoms with Crippen LogP contribution < -0.4 is 5.63 Å². The van der Waals surface area contributed by atoms with Crippen molar-refractivity contribution in [1.29, 1.82) is 0 Å². The smallest absolute Gasteiger partial charge is 0.339 e. The van der Waals surface area contributed by atoms with Gasteiger partial charge in [0.2, 0.25) is 5.91 Å². The lowest BCUT2D eigenvalue weighted by molar-refractivity contribution is -0.132. The van der Waals surface area contributed by atoms with Crippen LogP contribution in [0.1, 0.15) is 23.1 Å². The fraction of sp³-hybridized carbons (Fsp3) is 0.375. The van der Waals surface area contributed by atoms with Crippen LogP contribution in [0, 0.1) is 6.92 Å². The topological polar surface area (TPSA) is 86.9 Å². The number of aromatic nitrogens is 1. The van der Waals surface area contributed by atoms with E-state index in [1.54, 1.807) is 12.1 Å². The molecule has 0 radical (unpaired) electrons. The summed E-state index contributed by atoms with van der Waals surface area (Å²) >= 11 is 0. The third-order valence-corrected chi connectivity index (χ3v) is 6.05. The summed E-state index contributed by atoms with van der Waals surface area (Å²) in [6.45, 7) is 5.96. The molecule has 4 rings (SSSR count). The van der Waals surface area contributed by atoms with Gasteiger partial charge >= 0.3 is 5.63 Å². The minimum atomic E-state index is -0.440. The third kappa shape index (κ3) is 4.94. The van der Waals surface area contributed by atoms with Crippen molar-refractivity contribution in [2.45, 2.75) is 26.2 Å². The number of hydrogen-bond donors (Lipinski definition) is 1. The monoisotopic (exact) mass is 421 g/mol. The molecule has 0 atom stereocenters. The highest BCUT2D eigenvalue weighted by atomic mass is 16.4. The first-order valence-corrected chi connectivity index (χ1v) is 10.7. The van der Waals surface area contributed by atoms with E-state index in [0.29, 0.717) is 30.7 Å². The average molecular weight is 421 g/mol. The van der Waals surface area contributed by atoms with Gasteiger partial charge in [-0.25, -0.2) is 4.79 Å². The van der Waals surface area contributed by atoms with Crippen LogP contribution in [-0.2, 0) is 17.6 Å². The molecule has 31 heavy (non-hydrogen) atoms. The molecule has 0 aliphatic carbocycles. The number of rotatable bonds is 6. The molecule has 1 saturated heterocycles. The van der Waals surface area contributed by atoms with Gasteiger partial charge in [0.05, 0.1) is 0 Å². The molecule has 0 saturated carbocycles. The molecular weight excluding hydrogens is 394 g/mol. The number of piperazine rings is 1. The molecule has 1 fully saturated rings. The second-order valence-corrected chi connectivity index (χ2v) is 8.00. The van der Waals surface area contributed by atoms with Crippen LogP contribution in [0.4, 0.5) is 0 Å². The number of nitrogens with zero attached hydrogens (tertiary/aromatic N) is 3. The zero-order valence-corrected chi connectivity index (χ0v) is 17.7. The lowest BCUT2D eigenvalue weighted by atomic mass is 10.0. The van der Waals surface area contributed by atoms with E-state index in [2.05, 4.69) is 9.88 Å². The highest BCUT2D eigenvalue weighted by Gasteiger charge is 2.22. The zero-order chi connectivity index (χ0) is 21.8.